The normalized spacial score (nSPS) is 16.1. The van der Waals surface area contributed by atoms with Crippen LogP contribution in [0.2, 0.25) is 10.0 Å². The van der Waals surface area contributed by atoms with Gasteiger partial charge in [-0.15, -0.1) is 0 Å². The molecule has 12 nitrogen and oxygen atoms in total. The van der Waals surface area contributed by atoms with E-state index in [9.17, 15) is 9.90 Å². The van der Waals surface area contributed by atoms with Crippen LogP contribution in [0.25, 0.3) is 32.9 Å². The first-order chi connectivity index (χ1) is 28.2. The van der Waals surface area contributed by atoms with Crippen molar-refractivity contribution in [3.63, 3.8) is 0 Å². The zero-order valence-electron chi connectivity index (χ0n) is 34.6. The van der Waals surface area contributed by atoms with Crippen molar-refractivity contribution in [3.05, 3.63) is 92.0 Å². The Kier molecular flexibility index (Phi) is 11.2. The number of aromatic nitrogens is 4. The molecule has 6 aromatic rings. The van der Waals surface area contributed by atoms with Crippen LogP contribution >= 0.6 is 23.2 Å². The number of anilines is 1. The maximum atomic E-state index is 15.4. The molecule has 1 fully saturated rings. The quantitative estimate of drug-likeness (QED) is 0.122. The summed E-state index contributed by atoms with van der Waals surface area (Å²) in [6.07, 6.45) is 1.18. The van der Waals surface area contributed by atoms with Crippen molar-refractivity contribution in [2.45, 2.75) is 53.5 Å². The number of fused-ring (bicyclic) bond motifs is 4. The van der Waals surface area contributed by atoms with Crippen molar-refractivity contribution < 1.29 is 28.9 Å². The molecule has 14 heteroatoms. The fourth-order valence-corrected chi connectivity index (χ4v) is 9.36. The molecule has 1 saturated heterocycles. The van der Waals surface area contributed by atoms with Crippen LogP contribution in [-0.4, -0.2) is 93.4 Å². The van der Waals surface area contributed by atoms with Crippen LogP contribution in [0.5, 0.6) is 11.5 Å². The Morgan fingerprint density at radius 2 is 1.63 bits per heavy atom. The minimum absolute atomic E-state index is 0.117. The number of carboxylic acids is 1. The molecule has 1 amide bonds. The summed E-state index contributed by atoms with van der Waals surface area (Å²) in [6.45, 7) is 15.0. The molecule has 310 valence electrons. The third kappa shape index (κ3) is 7.34. The molecule has 0 spiro atoms. The smallest absolute Gasteiger partial charge is 0.352 e. The maximum Gasteiger partial charge on any atom is 0.352 e. The molecular formula is C45H50Cl2N6O6. The average molecular weight is 842 g/mol. The zero-order chi connectivity index (χ0) is 41.9. The number of aromatic carboxylic acids is 1. The number of carbonyl (C=O) groups is 2. The summed E-state index contributed by atoms with van der Waals surface area (Å²) >= 11 is 13.6. The highest BCUT2D eigenvalue weighted by molar-refractivity contribution is 6.35. The molecular weight excluding hydrogens is 791 g/mol. The number of benzene rings is 3. The summed E-state index contributed by atoms with van der Waals surface area (Å²) in [7, 11) is 3.65. The average Bonchev–Trinajstić information content (AvgIpc) is 3.81. The number of hydrogen-bond acceptors (Lipinski definition) is 7. The van der Waals surface area contributed by atoms with Crippen LogP contribution in [0.4, 0.5) is 5.69 Å². The monoisotopic (exact) mass is 840 g/mol. The van der Waals surface area contributed by atoms with Crippen molar-refractivity contribution in [2.75, 3.05) is 57.5 Å². The van der Waals surface area contributed by atoms with Gasteiger partial charge < -0.3 is 33.4 Å². The van der Waals surface area contributed by atoms with Crippen molar-refractivity contribution in [1.82, 2.24) is 23.8 Å². The Morgan fingerprint density at radius 3 is 2.31 bits per heavy atom. The van der Waals surface area contributed by atoms with Crippen LogP contribution < -0.4 is 14.4 Å². The minimum atomic E-state index is -1.05. The number of halogens is 2. The van der Waals surface area contributed by atoms with Crippen LogP contribution in [0.3, 0.4) is 0 Å². The highest BCUT2D eigenvalue weighted by atomic mass is 35.5. The molecule has 0 saturated carbocycles. The SMILES string of the molecule is Cc1cc(OCCCc2c3n(c4c(-c5c(C)nn(C)c5C)c(Cl)ccc24)C(C)CN(c2cc(OCCN4CCOCC4)cc4cc(C(=O)O)n(C)c24)C3=O)cc(C)c1Cl. The molecule has 1 N–H and O–H groups in total. The van der Waals surface area contributed by atoms with Gasteiger partial charge in [0.05, 0.1) is 47.3 Å². The Bertz CT molecular complexity index is 2610. The van der Waals surface area contributed by atoms with Crippen molar-refractivity contribution in [3.8, 4) is 22.6 Å². The third-order valence-corrected chi connectivity index (χ3v) is 12.8. The number of aryl methyl sites for hydroxylation is 6. The van der Waals surface area contributed by atoms with Gasteiger partial charge in [0.1, 0.15) is 29.5 Å². The van der Waals surface area contributed by atoms with E-state index in [4.69, 9.17) is 42.5 Å². The molecule has 3 aromatic heterocycles. The van der Waals surface area contributed by atoms with Crippen LogP contribution in [0.1, 0.15) is 68.4 Å². The van der Waals surface area contributed by atoms with Crippen molar-refractivity contribution in [2.24, 2.45) is 14.1 Å². The van der Waals surface area contributed by atoms with E-state index in [1.165, 1.54) is 0 Å². The molecule has 1 atom stereocenters. The fourth-order valence-electron chi connectivity index (χ4n) is 9.00. The van der Waals surface area contributed by atoms with E-state index in [0.29, 0.717) is 78.9 Å². The molecule has 59 heavy (non-hydrogen) atoms. The summed E-state index contributed by atoms with van der Waals surface area (Å²) in [6, 6.07) is 13.0. The molecule has 3 aromatic carbocycles. The van der Waals surface area contributed by atoms with Gasteiger partial charge in [-0.3, -0.25) is 14.4 Å². The van der Waals surface area contributed by atoms with Crippen molar-refractivity contribution in [1.29, 1.82) is 0 Å². The van der Waals surface area contributed by atoms with Gasteiger partial charge in [0, 0.05) is 85.0 Å². The largest absolute Gasteiger partial charge is 0.494 e. The molecule has 1 unspecified atom stereocenters. The van der Waals surface area contributed by atoms with Crippen molar-refractivity contribution >= 4 is 62.6 Å². The number of hydrogen-bond donors (Lipinski definition) is 1. The van der Waals surface area contributed by atoms with Crippen LogP contribution in [0.15, 0.2) is 42.5 Å². The summed E-state index contributed by atoms with van der Waals surface area (Å²) < 4.78 is 23.8. The Hall–Kier alpha value is -5.01. The standard InChI is InChI=1S/C45H50Cl2N6O6/c1-25-19-31(20-26(2)40(25)47)58-15-8-9-33-34-10-11-35(46)39(38-28(4)48-50(7)29(38)5)42(34)53-27(3)24-52(44(54)43(33)53)36-23-32(59-18-14-51-12-16-57-17-13-51)21-30-22-37(45(55)56)49(6)41(30)36/h10-11,19-23,27H,8-9,12-18,24H2,1-7H3,(H,55,56). The van der Waals surface area contributed by atoms with E-state index in [-0.39, 0.29) is 17.6 Å². The van der Waals surface area contributed by atoms with Gasteiger partial charge in [-0.1, -0.05) is 29.3 Å². The van der Waals surface area contributed by atoms with Crippen LogP contribution in [-0.2, 0) is 25.3 Å². The molecule has 2 aliphatic rings. The lowest BCUT2D eigenvalue weighted by atomic mass is 9.98. The summed E-state index contributed by atoms with van der Waals surface area (Å²) in [5, 5.41) is 17.8. The fraction of sp³-hybridized carbons (Fsp3) is 0.400. The first kappa shape index (κ1) is 40.8. The van der Waals surface area contributed by atoms with Gasteiger partial charge in [0.15, 0.2) is 0 Å². The molecule has 8 rings (SSSR count). The number of nitrogens with zero attached hydrogens (tertiary/aromatic N) is 6. The third-order valence-electron chi connectivity index (χ3n) is 11.9. The molecule has 0 aliphatic carbocycles. The number of morpholine rings is 1. The van der Waals surface area contributed by atoms with E-state index in [1.54, 1.807) is 22.6 Å². The van der Waals surface area contributed by atoms with E-state index in [1.807, 2.05) is 75.8 Å². The predicted octanol–water partition coefficient (Wildman–Crippen LogP) is 8.72. The summed E-state index contributed by atoms with van der Waals surface area (Å²) in [5.74, 6) is 0.0731. The Balaban J connectivity index is 1.24. The first-order valence-corrected chi connectivity index (χ1v) is 20.9. The number of carboxylic acid groups (broad SMARTS) is 1. The highest BCUT2D eigenvalue weighted by Crippen LogP contribution is 2.46. The molecule has 0 bridgehead atoms. The maximum absolute atomic E-state index is 15.4. The lowest BCUT2D eigenvalue weighted by Crippen LogP contribution is -2.43. The number of amides is 1. The van der Waals surface area contributed by atoms with Gasteiger partial charge >= 0.3 is 5.97 Å². The number of carbonyl (C=O) groups excluding carboxylic acids is 1. The van der Waals surface area contributed by atoms with Gasteiger partial charge in [0.2, 0.25) is 0 Å². The van der Waals surface area contributed by atoms with E-state index in [2.05, 4.69) is 16.4 Å². The predicted molar refractivity (Wildman–Crippen MR) is 232 cm³/mol. The van der Waals surface area contributed by atoms with Gasteiger partial charge in [-0.05, 0) is 94.5 Å². The lowest BCUT2D eigenvalue weighted by molar-refractivity contribution is 0.0322. The van der Waals surface area contributed by atoms with E-state index < -0.39 is 5.97 Å². The highest BCUT2D eigenvalue weighted by Gasteiger charge is 2.38. The van der Waals surface area contributed by atoms with Gasteiger partial charge in [-0.25, -0.2) is 4.79 Å². The minimum Gasteiger partial charge on any atom is -0.494 e. The van der Waals surface area contributed by atoms with E-state index >= 15 is 4.79 Å². The second kappa shape index (κ2) is 16.2. The topological polar surface area (TPSA) is 116 Å². The summed E-state index contributed by atoms with van der Waals surface area (Å²) in [5.41, 5.74) is 9.23. The summed E-state index contributed by atoms with van der Waals surface area (Å²) in [4.78, 5) is 32.0. The number of rotatable bonds is 12. The number of ether oxygens (including phenoxy) is 3. The second-order valence-corrected chi connectivity index (χ2v) is 16.6. The molecule has 2 aliphatic heterocycles. The van der Waals surface area contributed by atoms with Gasteiger partial charge in [0.25, 0.3) is 5.91 Å². The van der Waals surface area contributed by atoms with Crippen LogP contribution in [0, 0.1) is 27.7 Å². The Morgan fingerprint density at radius 1 is 0.932 bits per heavy atom. The first-order valence-electron chi connectivity index (χ1n) is 20.1. The van der Waals surface area contributed by atoms with E-state index in [0.717, 1.165) is 80.5 Å². The lowest BCUT2D eigenvalue weighted by Gasteiger charge is -2.35. The second-order valence-electron chi connectivity index (χ2n) is 15.8. The Labute approximate surface area is 353 Å². The van der Waals surface area contributed by atoms with Gasteiger partial charge in [-0.2, -0.15) is 5.10 Å². The zero-order valence-corrected chi connectivity index (χ0v) is 36.1. The molecule has 0 radical (unpaired) electrons. The molecule has 5 heterocycles.